The number of benzene rings is 2. The van der Waals surface area contributed by atoms with E-state index in [-0.39, 0.29) is 0 Å². The molecule has 2 aromatic carbocycles. The van der Waals surface area contributed by atoms with Crippen LogP contribution in [0.15, 0.2) is 41.3 Å². The fourth-order valence-corrected chi connectivity index (χ4v) is 3.26. The Balaban J connectivity index is 1.72. The number of ether oxygens (including phenoxy) is 2. The van der Waals surface area contributed by atoms with E-state index in [0.29, 0.717) is 23.8 Å². The minimum Gasteiger partial charge on any atom is -0.486 e. The first-order valence-corrected chi connectivity index (χ1v) is 7.83. The summed E-state index contributed by atoms with van der Waals surface area (Å²) in [7, 11) is 0. The van der Waals surface area contributed by atoms with Gasteiger partial charge in [0.25, 0.3) is 0 Å². The maximum atomic E-state index is 8.83. The van der Waals surface area contributed by atoms with Gasteiger partial charge in [0.05, 0.1) is 11.6 Å². The SMILES string of the molecule is N#Cc1ccc(CSc2ccc3c(c2)OCCO3)c(Cl)c1. The molecule has 0 saturated carbocycles. The van der Waals surface area contributed by atoms with Crippen molar-refractivity contribution in [2.75, 3.05) is 13.2 Å². The number of nitrogens with zero attached hydrogens (tertiary/aromatic N) is 1. The lowest BCUT2D eigenvalue weighted by molar-refractivity contribution is 0.171. The van der Waals surface area contributed by atoms with Gasteiger partial charge in [-0.1, -0.05) is 17.7 Å². The standard InChI is InChI=1S/C16H12ClNO2S/c17-14-7-11(9-18)1-2-12(14)10-21-13-3-4-15-16(8-13)20-6-5-19-15/h1-4,7-8H,5-6,10H2. The van der Waals surface area contributed by atoms with Crippen LogP contribution >= 0.6 is 23.4 Å². The second-order valence-corrected chi connectivity index (χ2v) is 5.97. The average Bonchev–Trinajstić information content (AvgIpc) is 2.53. The van der Waals surface area contributed by atoms with Crippen molar-refractivity contribution in [3.8, 4) is 17.6 Å². The molecule has 0 bridgehead atoms. The van der Waals surface area contributed by atoms with Gasteiger partial charge in [-0.3, -0.25) is 0 Å². The molecule has 0 aromatic heterocycles. The molecule has 3 rings (SSSR count). The summed E-state index contributed by atoms with van der Waals surface area (Å²) in [5.41, 5.74) is 1.59. The van der Waals surface area contributed by atoms with Gasteiger partial charge in [-0.2, -0.15) is 5.26 Å². The molecule has 0 N–H and O–H groups in total. The number of hydrogen-bond donors (Lipinski definition) is 0. The Bertz CT molecular complexity index is 712. The molecule has 0 radical (unpaired) electrons. The molecular formula is C16H12ClNO2S. The van der Waals surface area contributed by atoms with Crippen LogP contribution in [-0.2, 0) is 5.75 Å². The number of halogens is 1. The van der Waals surface area contributed by atoms with Crippen LogP contribution in [0.5, 0.6) is 11.5 Å². The Labute approximate surface area is 132 Å². The fourth-order valence-electron chi connectivity index (χ4n) is 2.01. The van der Waals surface area contributed by atoms with Gasteiger partial charge in [-0.25, -0.2) is 0 Å². The monoisotopic (exact) mass is 317 g/mol. The molecule has 0 atom stereocenters. The van der Waals surface area contributed by atoms with E-state index in [1.54, 1.807) is 23.9 Å². The number of rotatable bonds is 3. The average molecular weight is 318 g/mol. The van der Waals surface area contributed by atoms with Gasteiger partial charge in [0, 0.05) is 15.7 Å². The van der Waals surface area contributed by atoms with E-state index in [2.05, 4.69) is 6.07 Å². The largest absolute Gasteiger partial charge is 0.486 e. The summed E-state index contributed by atoms with van der Waals surface area (Å²) >= 11 is 7.85. The number of thioether (sulfide) groups is 1. The Morgan fingerprint density at radius 2 is 1.90 bits per heavy atom. The van der Waals surface area contributed by atoms with Crippen molar-refractivity contribution in [3.63, 3.8) is 0 Å². The molecule has 0 unspecified atom stereocenters. The third-order valence-corrected chi connectivity index (χ3v) is 4.48. The van der Waals surface area contributed by atoms with Crippen molar-refractivity contribution in [1.29, 1.82) is 5.26 Å². The summed E-state index contributed by atoms with van der Waals surface area (Å²) in [6.07, 6.45) is 0. The Hall–Kier alpha value is -1.83. The van der Waals surface area contributed by atoms with Gasteiger partial charge < -0.3 is 9.47 Å². The highest BCUT2D eigenvalue weighted by atomic mass is 35.5. The van der Waals surface area contributed by atoms with Crippen LogP contribution in [0.1, 0.15) is 11.1 Å². The smallest absolute Gasteiger partial charge is 0.162 e. The highest BCUT2D eigenvalue weighted by Gasteiger charge is 2.12. The van der Waals surface area contributed by atoms with E-state index in [0.717, 1.165) is 27.7 Å². The predicted molar refractivity (Wildman–Crippen MR) is 83.2 cm³/mol. The van der Waals surface area contributed by atoms with Gasteiger partial charge in [-0.15, -0.1) is 11.8 Å². The first-order chi connectivity index (χ1) is 10.3. The van der Waals surface area contributed by atoms with Crippen molar-refractivity contribution in [3.05, 3.63) is 52.5 Å². The third-order valence-electron chi connectivity index (χ3n) is 3.09. The minimum absolute atomic E-state index is 0.577. The lowest BCUT2D eigenvalue weighted by atomic mass is 10.2. The summed E-state index contributed by atoms with van der Waals surface area (Å²) in [4.78, 5) is 1.10. The zero-order valence-corrected chi connectivity index (χ0v) is 12.7. The highest BCUT2D eigenvalue weighted by Crippen LogP contribution is 2.35. The fraction of sp³-hybridized carbons (Fsp3) is 0.188. The molecule has 0 spiro atoms. The molecule has 106 valence electrons. The van der Waals surface area contributed by atoms with Crippen molar-refractivity contribution < 1.29 is 9.47 Å². The number of nitriles is 1. The Morgan fingerprint density at radius 1 is 1.10 bits per heavy atom. The van der Waals surface area contributed by atoms with Gasteiger partial charge in [-0.05, 0) is 35.9 Å². The molecule has 1 aliphatic rings. The summed E-state index contributed by atoms with van der Waals surface area (Å²) in [5, 5.41) is 9.46. The van der Waals surface area contributed by atoms with Crippen LogP contribution in [0.25, 0.3) is 0 Å². The molecule has 21 heavy (non-hydrogen) atoms. The minimum atomic E-state index is 0.577. The molecule has 0 amide bonds. The second-order valence-electron chi connectivity index (χ2n) is 4.51. The van der Waals surface area contributed by atoms with Crippen LogP contribution in [0.3, 0.4) is 0 Å². The maximum absolute atomic E-state index is 8.83. The summed E-state index contributed by atoms with van der Waals surface area (Å²) in [6, 6.07) is 13.4. The summed E-state index contributed by atoms with van der Waals surface area (Å²) < 4.78 is 11.1. The van der Waals surface area contributed by atoms with Crippen LogP contribution in [0.4, 0.5) is 0 Å². The van der Waals surface area contributed by atoms with Crippen LogP contribution in [0.2, 0.25) is 5.02 Å². The zero-order valence-electron chi connectivity index (χ0n) is 11.1. The highest BCUT2D eigenvalue weighted by molar-refractivity contribution is 7.98. The second kappa shape index (κ2) is 6.30. The third kappa shape index (κ3) is 3.26. The molecule has 0 saturated heterocycles. The van der Waals surface area contributed by atoms with E-state index in [1.165, 1.54) is 0 Å². The quantitative estimate of drug-likeness (QED) is 0.793. The molecule has 0 fully saturated rings. The van der Waals surface area contributed by atoms with Crippen molar-refractivity contribution >= 4 is 23.4 Å². The number of hydrogen-bond acceptors (Lipinski definition) is 4. The van der Waals surface area contributed by atoms with Crippen LogP contribution in [0, 0.1) is 11.3 Å². The molecule has 1 aliphatic heterocycles. The Morgan fingerprint density at radius 3 is 2.67 bits per heavy atom. The normalized spacial score (nSPS) is 12.8. The van der Waals surface area contributed by atoms with Gasteiger partial charge >= 0.3 is 0 Å². The topological polar surface area (TPSA) is 42.2 Å². The molecule has 3 nitrogen and oxygen atoms in total. The van der Waals surface area contributed by atoms with Crippen molar-refractivity contribution in [1.82, 2.24) is 0 Å². The van der Waals surface area contributed by atoms with Crippen LogP contribution < -0.4 is 9.47 Å². The molecular weight excluding hydrogens is 306 g/mol. The zero-order chi connectivity index (χ0) is 14.7. The molecule has 0 aliphatic carbocycles. The van der Waals surface area contributed by atoms with E-state index < -0.39 is 0 Å². The predicted octanol–water partition coefficient (Wildman–Crippen LogP) is 4.28. The van der Waals surface area contributed by atoms with Gasteiger partial charge in [0.2, 0.25) is 0 Å². The maximum Gasteiger partial charge on any atom is 0.162 e. The lowest BCUT2D eigenvalue weighted by Gasteiger charge is -2.18. The Kier molecular flexibility index (Phi) is 4.23. The van der Waals surface area contributed by atoms with E-state index in [4.69, 9.17) is 26.3 Å². The summed E-state index contributed by atoms with van der Waals surface area (Å²) in [6.45, 7) is 1.18. The van der Waals surface area contributed by atoms with Crippen LogP contribution in [-0.4, -0.2) is 13.2 Å². The molecule has 2 aromatic rings. The van der Waals surface area contributed by atoms with Crippen molar-refractivity contribution in [2.45, 2.75) is 10.6 Å². The number of fused-ring (bicyclic) bond motifs is 1. The van der Waals surface area contributed by atoms with Crippen molar-refractivity contribution in [2.24, 2.45) is 0 Å². The summed E-state index contributed by atoms with van der Waals surface area (Å²) in [5.74, 6) is 2.32. The van der Waals surface area contributed by atoms with E-state index in [1.807, 2.05) is 24.3 Å². The first-order valence-electron chi connectivity index (χ1n) is 6.47. The lowest BCUT2D eigenvalue weighted by Crippen LogP contribution is -2.15. The van der Waals surface area contributed by atoms with Gasteiger partial charge in [0.15, 0.2) is 11.5 Å². The van der Waals surface area contributed by atoms with Gasteiger partial charge in [0.1, 0.15) is 13.2 Å². The van der Waals surface area contributed by atoms with E-state index in [9.17, 15) is 0 Å². The van der Waals surface area contributed by atoms with E-state index >= 15 is 0 Å². The first kappa shape index (κ1) is 14.1. The molecule has 5 heteroatoms. The molecule has 1 heterocycles.